The Morgan fingerprint density at radius 2 is 2.25 bits per heavy atom. The third kappa shape index (κ3) is 2.82. The zero-order chi connectivity index (χ0) is 12.3. The van der Waals surface area contributed by atoms with Crippen molar-refractivity contribution in [3.8, 4) is 0 Å². The molecule has 0 saturated heterocycles. The molecule has 1 unspecified atom stereocenters. The molecule has 0 aromatic carbocycles. The second-order valence-electron chi connectivity index (χ2n) is 4.75. The van der Waals surface area contributed by atoms with Gasteiger partial charge in [-0.25, -0.2) is 0 Å². The van der Waals surface area contributed by atoms with Crippen LogP contribution in [0.1, 0.15) is 44.6 Å². The van der Waals surface area contributed by atoms with E-state index in [1.54, 1.807) is 6.20 Å². The van der Waals surface area contributed by atoms with Gasteiger partial charge in [-0.15, -0.1) is 0 Å². The van der Waals surface area contributed by atoms with Gasteiger partial charge in [0.2, 0.25) is 0 Å². The number of aliphatic hydroxyl groups excluding tert-OH is 1. The number of hydrogen-bond acceptors (Lipinski definition) is 4. The lowest BCUT2D eigenvalue weighted by atomic mass is 9.87. The Morgan fingerprint density at radius 3 is 2.75 bits per heavy atom. The van der Waals surface area contributed by atoms with Crippen LogP contribution in [-0.2, 0) is 14.9 Å². The summed E-state index contributed by atoms with van der Waals surface area (Å²) in [6, 6.07) is 0. The van der Waals surface area contributed by atoms with Crippen molar-refractivity contribution in [3.05, 3.63) is 17.5 Å². The van der Waals surface area contributed by atoms with Crippen molar-refractivity contribution in [1.82, 2.24) is 10.2 Å². The summed E-state index contributed by atoms with van der Waals surface area (Å²) in [6.07, 6.45) is 0.619. The highest BCUT2D eigenvalue weighted by atomic mass is 16.5. The van der Waals surface area contributed by atoms with Crippen LogP contribution in [0, 0.1) is 0 Å². The van der Waals surface area contributed by atoms with Gasteiger partial charge in [-0.1, -0.05) is 20.8 Å². The van der Waals surface area contributed by atoms with Crippen molar-refractivity contribution in [2.75, 3.05) is 7.11 Å². The van der Waals surface area contributed by atoms with Gasteiger partial charge in [0.05, 0.1) is 25.8 Å². The largest absolute Gasteiger partial charge is 0.469 e. The third-order valence-corrected chi connectivity index (χ3v) is 2.37. The van der Waals surface area contributed by atoms with Crippen LogP contribution in [0.2, 0.25) is 0 Å². The van der Waals surface area contributed by atoms with E-state index in [9.17, 15) is 9.90 Å². The van der Waals surface area contributed by atoms with E-state index in [1.165, 1.54) is 7.11 Å². The molecule has 0 aliphatic carbocycles. The van der Waals surface area contributed by atoms with Crippen molar-refractivity contribution >= 4 is 5.97 Å². The second-order valence-corrected chi connectivity index (χ2v) is 4.75. The lowest BCUT2D eigenvalue weighted by Gasteiger charge is -2.20. The predicted octanol–water partition coefficient (Wildman–Crippen LogP) is 1.30. The number of hydrogen-bond donors (Lipinski definition) is 2. The lowest BCUT2D eigenvalue weighted by molar-refractivity contribution is -0.142. The number of aromatic amines is 1. The highest BCUT2D eigenvalue weighted by molar-refractivity contribution is 5.70. The van der Waals surface area contributed by atoms with E-state index in [4.69, 9.17) is 0 Å². The van der Waals surface area contributed by atoms with Crippen molar-refractivity contribution in [3.63, 3.8) is 0 Å². The zero-order valence-corrected chi connectivity index (χ0v) is 10.1. The smallest absolute Gasteiger partial charge is 0.308 e. The van der Waals surface area contributed by atoms with Crippen LogP contribution < -0.4 is 0 Å². The van der Waals surface area contributed by atoms with Crippen LogP contribution in [0.25, 0.3) is 0 Å². The Labute approximate surface area is 94.8 Å². The molecule has 0 amide bonds. The summed E-state index contributed by atoms with van der Waals surface area (Å²) in [7, 11) is 1.30. The van der Waals surface area contributed by atoms with E-state index in [0.29, 0.717) is 5.56 Å². The van der Waals surface area contributed by atoms with Gasteiger partial charge in [-0.3, -0.25) is 9.89 Å². The summed E-state index contributed by atoms with van der Waals surface area (Å²) in [5, 5.41) is 16.7. The molecule has 1 heterocycles. The summed E-state index contributed by atoms with van der Waals surface area (Å²) in [4.78, 5) is 11.1. The molecule has 0 spiro atoms. The molecule has 5 heteroatoms. The number of methoxy groups -OCH3 is 1. The Balaban J connectivity index is 2.88. The van der Waals surface area contributed by atoms with Gasteiger partial charge in [0, 0.05) is 16.7 Å². The molecule has 0 radical (unpaired) electrons. The third-order valence-electron chi connectivity index (χ3n) is 2.37. The van der Waals surface area contributed by atoms with Gasteiger partial charge in [0.15, 0.2) is 0 Å². The quantitative estimate of drug-likeness (QED) is 0.762. The van der Waals surface area contributed by atoms with Gasteiger partial charge in [0.25, 0.3) is 0 Å². The topological polar surface area (TPSA) is 75.2 Å². The first-order valence-corrected chi connectivity index (χ1v) is 5.15. The van der Waals surface area contributed by atoms with Crippen molar-refractivity contribution in [2.24, 2.45) is 0 Å². The Morgan fingerprint density at radius 1 is 1.62 bits per heavy atom. The van der Waals surface area contributed by atoms with Crippen LogP contribution in [0.4, 0.5) is 0 Å². The molecule has 2 N–H and O–H groups in total. The molecule has 1 rings (SSSR count). The fourth-order valence-corrected chi connectivity index (χ4v) is 1.50. The van der Waals surface area contributed by atoms with Crippen LogP contribution >= 0.6 is 0 Å². The monoisotopic (exact) mass is 226 g/mol. The number of aliphatic hydroxyl groups is 1. The molecule has 0 saturated carbocycles. The first-order valence-electron chi connectivity index (χ1n) is 5.15. The molecule has 1 atom stereocenters. The van der Waals surface area contributed by atoms with Crippen LogP contribution in [0.5, 0.6) is 0 Å². The normalized spacial score (nSPS) is 13.6. The molecule has 16 heavy (non-hydrogen) atoms. The molecule has 0 bridgehead atoms. The Kier molecular flexibility index (Phi) is 3.70. The Bertz CT molecular complexity index is 366. The van der Waals surface area contributed by atoms with Crippen LogP contribution in [-0.4, -0.2) is 28.4 Å². The van der Waals surface area contributed by atoms with E-state index in [0.717, 1.165) is 5.69 Å². The van der Waals surface area contributed by atoms with Crippen LogP contribution in [0.3, 0.4) is 0 Å². The number of ether oxygens (including phenoxy) is 1. The van der Waals surface area contributed by atoms with Gasteiger partial charge in [-0.05, 0) is 0 Å². The summed E-state index contributed by atoms with van der Waals surface area (Å²) in [5.41, 5.74) is 1.34. The lowest BCUT2D eigenvalue weighted by Crippen LogP contribution is -2.17. The van der Waals surface area contributed by atoms with E-state index in [-0.39, 0.29) is 11.8 Å². The number of nitrogens with one attached hydrogen (secondary N) is 1. The van der Waals surface area contributed by atoms with Gasteiger partial charge < -0.3 is 9.84 Å². The molecule has 90 valence electrons. The van der Waals surface area contributed by atoms with Gasteiger partial charge in [-0.2, -0.15) is 5.10 Å². The first-order chi connectivity index (χ1) is 7.36. The maximum atomic E-state index is 11.1. The average molecular weight is 226 g/mol. The van der Waals surface area contributed by atoms with E-state index >= 15 is 0 Å². The molecule has 0 aliphatic rings. The maximum absolute atomic E-state index is 11.1. The number of carbonyl (C=O) groups is 1. The van der Waals surface area contributed by atoms with Crippen molar-refractivity contribution in [2.45, 2.75) is 38.7 Å². The highest BCUT2D eigenvalue weighted by Gasteiger charge is 2.25. The van der Waals surface area contributed by atoms with Crippen molar-refractivity contribution in [1.29, 1.82) is 0 Å². The molecule has 5 nitrogen and oxygen atoms in total. The maximum Gasteiger partial charge on any atom is 0.308 e. The minimum absolute atomic E-state index is 0.0564. The predicted molar refractivity (Wildman–Crippen MR) is 58.9 cm³/mol. The molecule has 1 aromatic heterocycles. The highest BCUT2D eigenvalue weighted by Crippen LogP contribution is 2.28. The van der Waals surface area contributed by atoms with Crippen molar-refractivity contribution < 1.29 is 14.6 Å². The van der Waals surface area contributed by atoms with Gasteiger partial charge >= 0.3 is 5.97 Å². The summed E-state index contributed by atoms with van der Waals surface area (Å²) >= 11 is 0. The van der Waals surface area contributed by atoms with Gasteiger partial charge in [0.1, 0.15) is 0 Å². The molecule has 1 aromatic rings. The molecule has 0 aliphatic heterocycles. The molecular weight excluding hydrogens is 208 g/mol. The van der Waals surface area contributed by atoms with E-state index in [1.807, 2.05) is 20.8 Å². The SMILES string of the molecule is COC(=O)CC(O)c1cn[nH]c1C(C)(C)C. The average Bonchev–Trinajstić information content (AvgIpc) is 2.65. The number of rotatable bonds is 3. The number of nitrogens with zero attached hydrogens (tertiary/aromatic N) is 1. The minimum Gasteiger partial charge on any atom is -0.469 e. The molecule has 0 fully saturated rings. The summed E-state index contributed by atoms with van der Waals surface area (Å²) < 4.78 is 4.51. The van der Waals surface area contributed by atoms with E-state index < -0.39 is 12.1 Å². The minimum atomic E-state index is -0.875. The standard InChI is InChI=1S/C11H18N2O3/c1-11(2,3)10-7(6-12-13-10)8(14)5-9(15)16-4/h6,8,14H,5H2,1-4H3,(H,12,13). The van der Waals surface area contributed by atoms with E-state index in [2.05, 4.69) is 14.9 Å². The van der Waals surface area contributed by atoms with Crippen LogP contribution in [0.15, 0.2) is 6.20 Å². The fourth-order valence-electron chi connectivity index (χ4n) is 1.50. The number of carbonyl (C=O) groups excluding carboxylic acids is 1. The summed E-state index contributed by atoms with van der Waals surface area (Å²) in [5.74, 6) is -0.437. The fraction of sp³-hybridized carbons (Fsp3) is 0.636. The summed E-state index contributed by atoms with van der Waals surface area (Å²) in [6.45, 7) is 6.03. The Hall–Kier alpha value is -1.36. The number of esters is 1. The number of H-pyrrole nitrogens is 1. The zero-order valence-electron chi connectivity index (χ0n) is 10.1. The second kappa shape index (κ2) is 4.65. The number of aromatic nitrogens is 2. The first kappa shape index (κ1) is 12.7. The molecular formula is C11H18N2O3.